The highest BCUT2D eigenvalue weighted by molar-refractivity contribution is 6.13. The third-order valence-corrected chi connectivity index (χ3v) is 5.32. The molecule has 4 rings (SSSR count). The fourth-order valence-electron chi connectivity index (χ4n) is 3.50. The molecule has 9 heteroatoms. The first kappa shape index (κ1) is 23.4. The molecule has 0 spiro atoms. The largest absolute Gasteiger partial charge is 0.493 e. The Kier molecular flexibility index (Phi) is 6.41. The Morgan fingerprint density at radius 2 is 1.80 bits per heavy atom. The molecule has 0 aliphatic carbocycles. The predicted octanol–water partition coefficient (Wildman–Crippen LogP) is 4.78. The van der Waals surface area contributed by atoms with Crippen LogP contribution in [0.4, 0.5) is 5.69 Å². The van der Waals surface area contributed by atoms with Crippen molar-refractivity contribution in [2.45, 2.75) is 13.8 Å². The molecule has 1 aliphatic heterocycles. The molecule has 9 nitrogen and oxygen atoms in total. The van der Waals surface area contributed by atoms with E-state index in [2.05, 4.69) is 4.99 Å². The van der Waals surface area contributed by atoms with E-state index in [1.165, 1.54) is 31.4 Å². The normalized spacial score (nSPS) is 13.9. The zero-order valence-electron chi connectivity index (χ0n) is 19.1. The van der Waals surface area contributed by atoms with E-state index in [0.717, 1.165) is 5.56 Å². The van der Waals surface area contributed by atoms with Gasteiger partial charge in [0.15, 0.2) is 17.2 Å². The summed E-state index contributed by atoms with van der Waals surface area (Å²) in [5, 5.41) is 11.0. The van der Waals surface area contributed by atoms with E-state index >= 15 is 0 Å². The van der Waals surface area contributed by atoms with Gasteiger partial charge in [-0.25, -0.2) is 14.6 Å². The van der Waals surface area contributed by atoms with Crippen LogP contribution in [-0.2, 0) is 9.53 Å². The van der Waals surface area contributed by atoms with Crippen LogP contribution in [0, 0.1) is 24.0 Å². The van der Waals surface area contributed by atoms with Gasteiger partial charge in [0.25, 0.3) is 5.69 Å². The van der Waals surface area contributed by atoms with Crippen molar-refractivity contribution >= 4 is 29.6 Å². The average Bonchev–Trinajstić information content (AvgIpc) is 3.19. The topological polar surface area (TPSA) is 117 Å². The lowest BCUT2D eigenvalue weighted by Crippen LogP contribution is -2.10. The van der Waals surface area contributed by atoms with Crippen molar-refractivity contribution in [3.8, 4) is 11.5 Å². The SMILES string of the molecule is COc1cc(/C=C2\N=C(c3ccc([N+](=O)[O-])c(C)c3)OC2=O)ccc1OC(=O)c1ccccc1C. The van der Waals surface area contributed by atoms with Crippen molar-refractivity contribution in [3.63, 3.8) is 0 Å². The molecule has 35 heavy (non-hydrogen) atoms. The maximum Gasteiger partial charge on any atom is 0.363 e. The molecule has 0 N–H and O–H groups in total. The number of aliphatic imine (C=N–C) groups is 1. The van der Waals surface area contributed by atoms with Gasteiger partial charge in [-0.1, -0.05) is 24.3 Å². The van der Waals surface area contributed by atoms with Crippen molar-refractivity contribution < 1.29 is 28.7 Å². The Balaban J connectivity index is 1.58. The zero-order chi connectivity index (χ0) is 25.1. The Bertz CT molecular complexity index is 1420. The van der Waals surface area contributed by atoms with Crippen LogP contribution in [0.3, 0.4) is 0 Å². The summed E-state index contributed by atoms with van der Waals surface area (Å²) in [4.78, 5) is 39.7. The van der Waals surface area contributed by atoms with E-state index in [-0.39, 0.29) is 23.0 Å². The molecule has 0 bridgehead atoms. The number of esters is 2. The summed E-state index contributed by atoms with van der Waals surface area (Å²) >= 11 is 0. The maximum absolute atomic E-state index is 12.6. The van der Waals surface area contributed by atoms with Gasteiger partial charge >= 0.3 is 11.9 Å². The van der Waals surface area contributed by atoms with Gasteiger partial charge in [-0.3, -0.25) is 10.1 Å². The smallest absolute Gasteiger partial charge is 0.363 e. The van der Waals surface area contributed by atoms with Crippen molar-refractivity contribution in [2.24, 2.45) is 4.99 Å². The number of cyclic esters (lactones) is 1. The number of aryl methyl sites for hydroxylation is 2. The van der Waals surface area contributed by atoms with Gasteiger partial charge in [0, 0.05) is 17.2 Å². The van der Waals surface area contributed by atoms with Crippen LogP contribution in [0.15, 0.2) is 71.4 Å². The molecule has 176 valence electrons. The molecule has 1 heterocycles. The second-order valence-electron chi connectivity index (χ2n) is 7.71. The van der Waals surface area contributed by atoms with Gasteiger partial charge in [-0.05, 0) is 61.4 Å². The summed E-state index contributed by atoms with van der Waals surface area (Å²) in [6.45, 7) is 3.41. The molecule has 0 saturated heterocycles. The minimum Gasteiger partial charge on any atom is -0.493 e. The van der Waals surface area contributed by atoms with E-state index in [0.29, 0.717) is 28.0 Å². The number of carbonyl (C=O) groups excluding carboxylic acids is 2. The second kappa shape index (κ2) is 9.60. The lowest BCUT2D eigenvalue weighted by Gasteiger charge is -2.11. The molecule has 0 fully saturated rings. The molecule has 0 saturated carbocycles. The Morgan fingerprint density at radius 3 is 2.49 bits per heavy atom. The fourth-order valence-corrected chi connectivity index (χ4v) is 3.50. The molecule has 3 aromatic carbocycles. The molecular weight excluding hydrogens is 452 g/mol. The van der Waals surface area contributed by atoms with Crippen molar-refractivity contribution in [1.29, 1.82) is 0 Å². The number of nitro benzene ring substituents is 1. The van der Waals surface area contributed by atoms with E-state index in [9.17, 15) is 19.7 Å². The number of carbonyl (C=O) groups is 2. The van der Waals surface area contributed by atoms with Crippen LogP contribution in [0.2, 0.25) is 0 Å². The van der Waals surface area contributed by atoms with Crippen molar-refractivity contribution in [3.05, 3.63) is 104 Å². The summed E-state index contributed by atoms with van der Waals surface area (Å²) in [6.07, 6.45) is 1.50. The summed E-state index contributed by atoms with van der Waals surface area (Å²) in [6, 6.07) is 16.2. The first-order valence-electron chi connectivity index (χ1n) is 10.5. The number of rotatable bonds is 6. The third-order valence-electron chi connectivity index (χ3n) is 5.32. The van der Waals surface area contributed by atoms with Gasteiger partial charge in [0.1, 0.15) is 0 Å². The van der Waals surface area contributed by atoms with E-state index in [1.807, 2.05) is 19.1 Å². The number of nitro groups is 1. The minimum atomic E-state index is -0.662. The van der Waals surface area contributed by atoms with E-state index in [1.54, 1.807) is 37.3 Å². The van der Waals surface area contributed by atoms with Crippen LogP contribution in [-0.4, -0.2) is 29.9 Å². The first-order valence-corrected chi connectivity index (χ1v) is 10.5. The predicted molar refractivity (Wildman–Crippen MR) is 128 cm³/mol. The highest BCUT2D eigenvalue weighted by Crippen LogP contribution is 2.31. The number of benzene rings is 3. The molecule has 0 amide bonds. The van der Waals surface area contributed by atoms with Crippen LogP contribution >= 0.6 is 0 Å². The molecule has 0 unspecified atom stereocenters. The average molecular weight is 472 g/mol. The number of methoxy groups -OCH3 is 1. The number of nitrogens with zero attached hydrogens (tertiary/aromatic N) is 2. The van der Waals surface area contributed by atoms with Gasteiger partial charge in [0.2, 0.25) is 5.90 Å². The Morgan fingerprint density at radius 1 is 1.03 bits per heavy atom. The minimum absolute atomic E-state index is 0.0373. The summed E-state index contributed by atoms with van der Waals surface area (Å²) in [7, 11) is 1.44. The number of ether oxygens (including phenoxy) is 3. The second-order valence-corrected chi connectivity index (χ2v) is 7.71. The summed E-state index contributed by atoms with van der Waals surface area (Å²) in [5.41, 5.74) is 2.67. The fraction of sp³-hybridized carbons (Fsp3) is 0.115. The van der Waals surface area contributed by atoms with Crippen molar-refractivity contribution in [2.75, 3.05) is 7.11 Å². The third kappa shape index (κ3) is 4.93. The molecule has 1 aliphatic rings. The molecule has 0 atom stereocenters. The number of hydrogen-bond acceptors (Lipinski definition) is 8. The monoisotopic (exact) mass is 472 g/mol. The molecule has 0 aromatic heterocycles. The van der Waals surface area contributed by atoms with Gasteiger partial charge in [-0.2, -0.15) is 0 Å². The zero-order valence-corrected chi connectivity index (χ0v) is 19.1. The van der Waals surface area contributed by atoms with Crippen LogP contribution in [0.5, 0.6) is 11.5 Å². The van der Waals surface area contributed by atoms with Gasteiger partial charge in [-0.15, -0.1) is 0 Å². The summed E-state index contributed by atoms with van der Waals surface area (Å²) in [5.74, 6) is -0.607. The Hall–Kier alpha value is -4.79. The highest BCUT2D eigenvalue weighted by Gasteiger charge is 2.25. The standard InChI is InChI=1S/C26H20N2O7/c1-15-6-4-5-7-19(15)25(29)34-22-11-8-17(14-23(22)33-3)13-20-26(30)35-24(27-20)18-9-10-21(28(31)32)16(2)12-18/h4-14H,1-3H3/b20-13-. The first-order chi connectivity index (χ1) is 16.8. The molecule has 0 radical (unpaired) electrons. The van der Waals surface area contributed by atoms with Crippen LogP contribution in [0.1, 0.15) is 32.6 Å². The highest BCUT2D eigenvalue weighted by atomic mass is 16.6. The quantitative estimate of drug-likeness (QED) is 0.166. The van der Waals surface area contributed by atoms with Gasteiger partial charge < -0.3 is 14.2 Å². The van der Waals surface area contributed by atoms with E-state index in [4.69, 9.17) is 14.2 Å². The summed E-state index contributed by atoms with van der Waals surface area (Å²) < 4.78 is 16.1. The van der Waals surface area contributed by atoms with Gasteiger partial charge in [0.05, 0.1) is 17.6 Å². The lowest BCUT2D eigenvalue weighted by molar-refractivity contribution is -0.385. The molecule has 3 aromatic rings. The maximum atomic E-state index is 12.6. The van der Waals surface area contributed by atoms with Crippen LogP contribution in [0.25, 0.3) is 6.08 Å². The Labute approximate surface area is 200 Å². The molecular formula is C26H20N2O7. The lowest BCUT2D eigenvalue weighted by atomic mass is 10.1. The van der Waals surface area contributed by atoms with E-state index < -0.39 is 16.9 Å². The van der Waals surface area contributed by atoms with Crippen molar-refractivity contribution in [1.82, 2.24) is 0 Å². The van der Waals surface area contributed by atoms with Crippen LogP contribution < -0.4 is 9.47 Å². The number of hydrogen-bond donors (Lipinski definition) is 0.